The molecule has 1 N–H and O–H groups in total. The largest absolute Gasteiger partial charge is 0.378 e. The Balaban J connectivity index is 1.95. The number of hydrogen-bond donors (Lipinski definition) is 1. The van der Waals surface area contributed by atoms with Crippen LogP contribution in [0.25, 0.3) is 0 Å². The zero-order valence-corrected chi connectivity index (χ0v) is 13.0. The Kier molecular flexibility index (Phi) is 5.92. The lowest BCUT2D eigenvalue weighted by molar-refractivity contribution is 0.00351. The number of unbranched alkanes of at least 4 members (excludes halogenated alkanes) is 1. The van der Waals surface area contributed by atoms with E-state index in [2.05, 4.69) is 41.0 Å². The van der Waals surface area contributed by atoms with E-state index >= 15 is 0 Å². The monoisotopic (exact) mass is 291 g/mol. The lowest BCUT2D eigenvalue weighted by Crippen LogP contribution is -2.25. The van der Waals surface area contributed by atoms with E-state index < -0.39 is 0 Å². The Morgan fingerprint density at radius 1 is 1.62 bits per heavy atom. The molecule has 1 aliphatic heterocycles. The summed E-state index contributed by atoms with van der Waals surface area (Å²) in [5.41, 5.74) is 0.900. The second-order valence-corrected chi connectivity index (χ2v) is 5.41. The minimum Gasteiger partial charge on any atom is -0.378 e. The highest BCUT2D eigenvalue weighted by Crippen LogP contribution is 2.25. The van der Waals surface area contributed by atoms with Gasteiger partial charge in [-0.3, -0.25) is 9.67 Å². The number of nitrogens with zero attached hydrogens (tertiary/aromatic N) is 4. The van der Waals surface area contributed by atoms with Crippen LogP contribution in [0, 0.1) is 0 Å². The van der Waals surface area contributed by atoms with Gasteiger partial charge in [0, 0.05) is 19.3 Å². The summed E-state index contributed by atoms with van der Waals surface area (Å²) in [7, 11) is 0. The van der Waals surface area contributed by atoms with Crippen LogP contribution < -0.4 is 5.32 Å². The maximum Gasteiger partial charge on any atom is 0.221 e. The third kappa shape index (κ3) is 4.67. The standard InChI is InChI=1S/C15H25N5O/c1-4-5-7-17-15(16-3)19-13-10-18-20(11-13)14-6-8-21-12(2)9-14/h10-12,14H,3-9H2,1-2H3,(H,17,19). The summed E-state index contributed by atoms with van der Waals surface area (Å²) in [5, 5.41) is 7.60. The molecule has 1 aliphatic rings. The topological polar surface area (TPSA) is 63.8 Å². The Bertz CT molecular complexity index is 482. The van der Waals surface area contributed by atoms with Gasteiger partial charge >= 0.3 is 0 Å². The van der Waals surface area contributed by atoms with Gasteiger partial charge in [-0.1, -0.05) is 13.3 Å². The van der Waals surface area contributed by atoms with E-state index in [0.717, 1.165) is 44.5 Å². The number of hydrogen-bond acceptors (Lipinski definition) is 3. The van der Waals surface area contributed by atoms with Crippen LogP contribution in [0.1, 0.15) is 45.6 Å². The maximum atomic E-state index is 5.57. The zero-order chi connectivity index (χ0) is 15.1. The molecule has 21 heavy (non-hydrogen) atoms. The van der Waals surface area contributed by atoms with E-state index in [1.807, 2.05) is 10.9 Å². The van der Waals surface area contributed by atoms with Crippen molar-refractivity contribution < 1.29 is 4.74 Å². The molecule has 2 heterocycles. The van der Waals surface area contributed by atoms with Crippen LogP contribution >= 0.6 is 0 Å². The molecular weight excluding hydrogens is 266 g/mol. The second-order valence-electron chi connectivity index (χ2n) is 5.41. The first-order valence-electron chi connectivity index (χ1n) is 7.67. The van der Waals surface area contributed by atoms with E-state index in [9.17, 15) is 0 Å². The number of aromatic nitrogens is 2. The van der Waals surface area contributed by atoms with E-state index in [4.69, 9.17) is 4.74 Å². The number of guanidine groups is 1. The smallest absolute Gasteiger partial charge is 0.221 e. The fourth-order valence-corrected chi connectivity index (χ4v) is 2.42. The number of anilines is 1. The Hall–Kier alpha value is -1.69. The van der Waals surface area contributed by atoms with Crippen LogP contribution in [0.4, 0.5) is 5.69 Å². The average Bonchev–Trinajstić information content (AvgIpc) is 2.95. The van der Waals surface area contributed by atoms with E-state index in [1.165, 1.54) is 0 Å². The summed E-state index contributed by atoms with van der Waals surface area (Å²) in [6.07, 6.45) is 8.28. The molecule has 6 nitrogen and oxygen atoms in total. The van der Waals surface area contributed by atoms with Crippen LogP contribution in [0.5, 0.6) is 0 Å². The highest BCUT2D eigenvalue weighted by Gasteiger charge is 2.21. The first-order chi connectivity index (χ1) is 10.2. The Morgan fingerprint density at radius 2 is 2.48 bits per heavy atom. The molecule has 2 atom stereocenters. The van der Waals surface area contributed by atoms with Gasteiger partial charge in [0.25, 0.3) is 0 Å². The molecule has 6 heteroatoms. The zero-order valence-electron chi connectivity index (χ0n) is 13.0. The molecule has 0 aliphatic carbocycles. The second kappa shape index (κ2) is 7.93. The lowest BCUT2D eigenvalue weighted by Gasteiger charge is -2.27. The van der Waals surface area contributed by atoms with E-state index in [1.54, 1.807) is 6.20 Å². The minimum atomic E-state index is 0.297. The van der Waals surface area contributed by atoms with Crippen molar-refractivity contribution in [1.82, 2.24) is 9.78 Å². The van der Waals surface area contributed by atoms with Crippen LogP contribution in [-0.2, 0) is 4.74 Å². The summed E-state index contributed by atoms with van der Waals surface area (Å²) in [5.74, 6) is 0.559. The molecule has 116 valence electrons. The van der Waals surface area contributed by atoms with Crippen molar-refractivity contribution in [2.24, 2.45) is 9.98 Å². The Morgan fingerprint density at radius 3 is 3.19 bits per heavy atom. The van der Waals surface area contributed by atoms with Gasteiger partial charge in [0.2, 0.25) is 5.96 Å². The van der Waals surface area contributed by atoms with Gasteiger partial charge in [-0.05, 0) is 32.9 Å². The molecular formula is C15H25N5O. The molecule has 0 spiro atoms. The summed E-state index contributed by atoms with van der Waals surface area (Å²) < 4.78 is 7.58. The van der Waals surface area contributed by atoms with Gasteiger partial charge in [0.1, 0.15) is 0 Å². The minimum absolute atomic E-state index is 0.297. The summed E-state index contributed by atoms with van der Waals surface area (Å²) in [6, 6.07) is 0.404. The number of ether oxygens (including phenoxy) is 1. The molecule has 0 bridgehead atoms. The molecule has 1 saturated heterocycles. The summed E-state index contributed by atoms with van der Waals surface area (Å²) >= 11 is 0. The fourth-order valence-electron chi connectivity index (χ4n) is 2.42. The van der Waals surface area contributed by atoms with Gasteiger partial charge < -0.3 is 10.1 Å². The highest BCUT2D eigenvalue weighted by atomic mass is 16.5. The van der Waals surface area contributed by atoms with Crippen LogP contribution in [0.2, 0.25) is 0 Å². The van der Waals surface area contributed by atoms with Gasteiger partial charge in [0.05, 0.1) is 24.0 Å². The van der Waals surface area contributed by atoms with Crippen LogP contribution in [0.15, 0.2) is 22.4 Å². The van der Waals surface area contributed by atoms with Crippen molar-refractivity contribution in [3.8, 4) is 0 Å². The molecule has 1 aromatic rings. The van der Waals surface area contributed by atoms with Crippen molar-refractivity contribution in [3.05, 3.63) is 12.4 Å². The van der Waals surface area contributed by atoms with Gasteiger partial charge in [0.15, 0.2) is 0 Å². The summed E-state index contributed by atoms with van der Waals surface area (Å²) in [6.45, 7) is 9.37. The fraction of sp³-hybridized carbons (Fsp3) is 0.667. The third-order valence-electron chi connectivity index (χ3n) is 3.61. The first kappa shape index (κ1) is 15.7. The predicted octanol–water partition coefficient (Wildman–Crippen LogP) is 2.89. The Labute approximate surface area is 126 Å². The van der Waals surface area contributed by atoms with Crippen molar-refractivity contribution in [2.45, 2.75) is 51.7 Å². The van der Waals surface area contributed by atoms with Crippen molar-refractivity contribution >= 4 is 18.4 Å². The van der Waals surface area contributed by atoms with Gasteiger partial charge in [-0.15, -0.1) is 0 Å². The van der Waals surface area contributed by atoms with Crippen LogP contribution in [-0.4, -0.2) is 41.7 Å². The third-order valence-corrected chi connectivity index (χ3v) is 3.61. The number of rotatable bonds is 5. The maximum absolute atomic E-state index is 5.57. The normalized spacial score (nSPS) is 23.0. The molecule has 2 rings (SSSR count). The molecule has 2 unspecified atom stereocenters. The first-order valence-corrected chi connectivity index (χ1v) is 7.67. The molecule has 0 radical (unpaired) electrons. The molecule has 0 saturated carbocycles. The lowest BCUT2D eigenvalue weighted by atomic mass is 10.1. The summed E-state index contributed by atoms with van der Waals surface area (Å²) in [4.78, 5) is 8.30. The van der Waals surface area contributed by atoms with Gasteiger partial charge in [-0.25, -0.2) is 4.99 Å². The highest BCUT2D eigenvalue weighted by molar-refractivity contribution is 5.96. The SMILES string of the molecule is C=N/C(=N\CCCC)Nc1cnn(C2CCOC(C)C2)c1. The van der Waals surface area contributed by atoms with Crippen molar-refractivity contribution in [2.75, 3.05) is 18.5 Å². The van der Waals surface area contributed by atoms with E-state index in [-0.39, 0.29) is 0 Å². The van der Waals surface area contributed by atoms with E-state index in [0.29, 0.717) is 18.1 Å². The molecule has 1 aromatic heterocycles. The molecule has 1 fully saturated rings. The average molecular weight is 291 g/mol. The van der Waals surface area contributed by atoms with Gasteiger partial charge in [-0.2, -0.15) is 5.10 Å². The predicted molar refractivity (Wildman–Crippen MR) is 86.3 cm³/mol. The van der Waals surface area contributed by atoms with Crippen molar-refractivity contribution in [1.29, 1.82) is 0 Å². The quantitative estimate of drug-likeness (QED) is 0.515. The number of nitrogens with one attached hydrogen (secondary N) is 1. The number of aliphatic imine (C=N–C) groups is 2. The molecule has 0 amide bonds. The molecule has 0 aromatic carbocycles. The van der Waals surface area contributed by atoms with Crippen molar-refractivity contribution in [3.63, 3.8) is 0 Å². The van der Waals surface area contributed by atoms with Crippen LogP contribution in [0.3, 0.4) is 0 Å².